The lowest BCUT2D eigenvalue weighted by atomic mass is 10.0. The van der Waals surface area contributed by atoms with Crippen LogP contribution in [0.5, 0.6) is 0 Å². The van der Waals surface area contributed by atoms with E-state index in [1.807, 2.05) is 25.4 Å². The molecule has 78 valence electrons. The van der Waals surface area contributed by atoms with Crippen LogP contribution in [0.3, 0.4) is 0 Å². The third-order valence-electron chi connectivity index (χ3n) is 2.48. The van der Waals surface area contributed by atoms with Crippen molar-refractivity contribution < 1.29 is 0 Å². The van der Waals surface area contributed by atoms with Crippen LogP contribution >= 0.6 is 11.3 Å². The standard InChI is InChI=1S/C12H14N2S/c1-9-10(6-8-15-9)12(13-2)11-5-3-4-7-14-11/h3-8,12-13H,1-2H3. The maximum atomic E-state index is 4.39. The van der Waals surface area contributed by atoms with E-state index in [1.54, 1.807) is 11.3 Å². The SMILES string of the molecule is CNC(c1ccccn1)c1ccsc1C. The van der Waals surface area contributed by atoms with Crippen LogP contribution < -0.4 is 5.32 Å². The number of thiophene rings is 1. The van der Waals surface area contributed by atoms with E-state index in [9.17, 15) is 0 Å². The summed E-state index contributed by atoms with van der Waals surface area (Å²) < 4.78 is 0. The monoisotopic (exact) mass is 218 g/mol. The predicted molar refractivity (Wildman–Crippen MR) is 64.2 cm³/mol. The highest BCUT2D eigenvalue weighted by Crippen LogP contribution is 2.26. The minimum absolute atomic E-state index is 0.206. The van der Waals surface area contributed by atoms with Crippen molar-refractivity contribution in [2.75, 3.05) is 7.05 Å². The van der Waals surface area contributed by atoms with Crippen molar-refractivity contribution in [1.82, 2.24) is 10.3 Å². The van der Waals surface area contributed by atoms with Crippen LogP contribution in [0.25, 0.3) is 0 Å². The van der Waals surface area contributed by atoms with E-state index < -0.39 is 0 Å². The largest absolute Gasteiger partial charge is 0.308 e. The Kier molecular flexibility index (Phi) is 3.14. The summed E-state index contributed by atoms with van der Waals surface area (Å²) in [4.78, 5) is 5.74. The third kappa shape index (κ3) is 2.08. The number of nitrogens with zero attached hydrogens (tertiary/aromatic N) is 1. The molecule has 0 aromatic carbocycles. The molecule has 15 heavy (non-hydrogen) atoms. The van der Waals surface area contributed by atoms with Gasteiger partial charge in [-0.2, -0.15) is 0 Å². The molecule has 0 aliphatic rings. The van der Waals surface area contributed by atoms with Crippen LogP contribution in [0.2, 0.25) is 0 Å². The van der Waals surface area contributed by atoms with Crippen LogP contribution in [-0.2, 0) is 0 Å². The first-order valence-electron chi connectivity index (χ1n) is 4.95. The number of hydrogen-bond donors (Lipinski definition) is 1. The summed E-state index contributed by atoms with van der Waals surface area (Å²) in [5, 5.41) is 5.43. The number of aryl methyl sites for hydroxylation is 1. The molecule has 0 spiro atoms. The Balaban J connectivity index is 2.37. The van der Waals surface area contributed by atoms with Crippen molar-refractivity contribution in [3.05, 3.63) is 52.0 Å². The highest BCUT2D eigenvalue weighted by molar-refractivity contribution is 7.10. The van der Waals surface area contributed by atoms with Crippen molar-refractivity contribution >= 4 is 11.3 Å². The number of pyridine rings is 1. The average molecular weight is 218 g/mol. The predicted octanol–water partition coefficient (Wildman–Crippen LogP) is 2.76. The first kappa shape index (κ1) is 10.3. The number of rotatable bonds is 3. The summed E-state index contributed by atoms with van der Waals surface area (Å²) in [7, 11) is 1.97. The van der Waals surface area contributed by atoms with E-state index in [0.717, 1.165) is 5.69 Å². The van der Waals surface area contributed by atoms with Crippen LogP contribution in [0.4, 0.5) is 0 Å². The second-order valence-corrected chi connectivity index (χ2v) is 4.53. The van der Waals surface area contributed by atoms with Crippen molar-refractivity contribution in [1.29, 1.82) is 0 Å². The number of aromatic nitrogens is 1. The summed E-state index contributed by atoms with van der Waals surface area (Å²) >= 11 is 1.77. The van der Waals surface area contributed by atoms with E-state index in [0.29, 0.717) is 0 Å². The van der Waals surface area contributed by atoms with Gasteiger partial charge in [-0.1, -0.05) is 6.07 Å². The molecule has 2 aromatic rings. The zero-order valence-electron chi connectivity index (χ0n) is 8.90. The van der Waals surface area contributed by atoms with Gasteiger partial charge < -0.3 is 5.32 Å². The molecule has 0 aliphatic heterocycles. The summed E-state index contributed by atoms with van der Waals surface area (Å²) in [6.07, 6.45) is 1.83. The van der Waals surface area contributed by atoms with E-state index >= 15 is 0 Å². The number of nitrogens with one attached hydrogen (secondary N) is 1. The Bertz CT molecular complexity index is 422. The highest BCUT2D eigenvalue weighted by Gasteiger charge is 2.15. The quantitative estimate of drug-likeness (QED) is 0.857. The summed E-state index contributed by atoms with van der Waals surface area (Å²) in [5.41, 5.74) is 2.39. The second-order valence-electron chi connectivity index (χ2n) is 3.41. The Morgan fingerprint density at radius 1 is 1.33 bits per heavy atom. The molecule has 2 aromatic heterocycles. The Hall–Kier alpha value is -1.19. The molecule has 0 saturated heterocycles. The fourth-order valence-electron chi connectivity index (χ4n) is 1.70. The maximum Gasteiger partial charge on any atom is 0.0759 e. The molecule has 1 N–H and O–H groups in total. The Morgan fingerprint density at radius 3 is 2.73 bits per heavy atom. The molecule has 0 saturated carbocycles. The zero-order chi connectivity index (χ0) is 10.7. The molecule has 0 bridgehead atoms. The fourth-order valence-corrected chi connectivity index (χ4v) is 2.44. The van der Waals surface area contributed by atoms with Crippen molar-refractivity contribution in [2.24, 2.45) is 0 Å². The molecule has 2 heterocycles. The summed E-state index contributed by atoms with van der Waals surface area (Å²) in [6.45, 7) is 2.15. The van der Waals surface area contributed by atoms with Crippen LogP contribution in [0.1, 0.15) is 22.2 Å². The van der Waals surface area contributed by atoms with Gasteiger partial charge in [0.05, 0.1) is 11.7 Å². The van der Waals surface area contributed by atoms with Gasteiger partial charge in [0.1, 0.15) is 0 Å². The lowest BCUT2D eigenvalue weighted by Crippen LogP contribution is -2.18. The van der Waals surface area contributed by atoms with Crippen molar-refractivity contribution in [2.45, 2.75) is 13.0 Å². The van der Waals surface area contributed by atoms with Crippen LogP contribution in [0.15, 0.2) is 35.8 Å². The fraction of sp³-hybridized carbons (Fsp3) is 0.250. The molecule has 0 aliphatic carbocycles. The van der Waals surface area contributed by atoms with Gasteiger partial charge in [-0.3, -0.25) is 4.98 Å². The van der Waals surface area contributed by atoms with Crippen molar-refractivity contribution in [3.8, 4) is 0 Å². The van der Waals surface area contributed by atoms with Gasteiger partial charge in [-0.25, -0.2) is 0 Å². The van der Waals surface area contributed by atoms with E-state index in [1.165, 1.54) is 10.4 Å². The molecule has 1 unspecified atom stereocenters. The number of hydrogen-bond acceptors (Lipinski definition) is 3. The van der Waals surface area contributed by atoms with Gasteiger partial charge in [0.25, 0.3) is 0 Å². The van der Waals surface area contributed by atoms with Gasteiger partial charge in [-0.05, 0) is 43.1 Å². The van der Waals surface area contributed by atoms with Gasteiger partial charge in [0, 0.05) is 11.1 Å². The van der Waals surface area contributed by atoms with Gasteiger partial charge in [-0.15, -0.1) is 11.3 Å². The van der Waals surface area contributed by atoms with Crippen molar-refractivity contribution in [3.63, 3.8) is 0 Å². The molecule has 0 fully saturated rings. The molecule has 2 rings (SSSR count). The summed E-state index contributed by atoms with van der Waals surface area (Å²) in [5.74, 6) is 0. The lowest BCUT2D eigenvalue weighted by molar-refractivity contribution is 0.670. The van der Waals surface area contributed by atoms with Crippen LogP contribution in [0, 0.1) is 6.92 Å². The van der Waals surface area contributed by atoms with Gasteiger partial charge >= 0.3 is 0 Å². The minimum Gasteiger partial charge on any atom is -0.308 e. The highest BCUT2D eigenvalue weighted by atomic mass is 32.1. The molecular formula is C12H14N2S. The smallest absolute Gasteiger partial charge is 0.0759 e. The molecule has 2 nitrogen and oxygen atoms in total. The molecule has 1 atom stereocenters. The minimum atomic E-state index is 0.206. The summed E-state index contributed by atoms with van der Waals surface area (Å²) in [6, 6.07) is 8.39. The first-order chi connectivity index (χ1) is 7.33. The Labute approximate surface area is 94.0 Å². The van der Waals surface area contributed by atoms with E-state index in [2.05, 4.69) is 34.7 Å². The topological polar surface area (TPSA) is 24.9 Å². The Morgan fingerprint density at radius 2 is 2.20 bits per heavy atom. The zero-order valence-corrected chi connectivity index (χ0v) is 9.71. The van der Waals surface area contributed by atoms with Gasteiger partial charge in [0.15, 0.2) is 0 Å². The maximum absolute atomic E-state index is 4.39. The average Bonchev–Trinajstić information content (AvgIpc) is 2.68. The van der Waals surface area contributed by atoms with E-state index in [4.69, 9.17) is 0 Å². The molecule has 0 radical (unpaired) electrons. The second kappa shape index (κ2) is 4.55. The van der Waals surface area contributed by atoms with E-state index in [-0.39, 0.29) is 6.04 Å². The normalized spacial score (nSPS) is 12.7. The third-order valence-corrected chi connectivity index (χ3v) is 3.34. The van der Waals surface area contributed by atoms with Gasteiger partial charge in [0.2, 0.25) is 0 Å². The lowest BCUT2D eigenvalue weighted by Gasteiger charge is -2.15. The molecule has 3 heteroatoms. The molecular weight excluding hydrogens is 204 g/mol. The van der Waals surface area contributed by atoms with Crippen LogP contribution in [-0.4, -0.2) is 12.0 Å². The molecule has 0 amide bonds. The first-order valence-corrected chi connectivity index (χ1v) is 5.83.